The molecule has 0 aliphatic heterocycles. The third kappa shape index (κ3) is 6.45. The minimum Gasteiger partial charge on any atom is -0.466 e. The topological polar surface area (TPSA) is 41.6 Å². The lowest BCUT2D eigenvalue weighted by atomic mass is 10.2. The second-order valence-corrected chi connectivity index (χ2v) is 4.99. The molecule has 0 spiro atoms. The number of hydrogen-bond donors (Lipinski definition) is 1. The number of esters is 1. The Morgan fingerprint density at radius 2 is 2.05 bits per heavy atom. The monoisotopic (exact) mass is 278 g/mol. The second kappa shape index (κ2) is 9.23. The number of ether oxygens (including phenoxy) is 1. The van der Waals surface area contributed by atoms with Crippen molar-refractivity contribution >= 4 is 17.3 Å². The van der Waals surface area contributed by atoms with Crippen LogP contribution in [0.4, 0.5) is 11.4 Å². The summed E-state index contributed by atoms with van der Waals surface area (Å²) >= 11 is 0. The zero-order valence-corrected chi connectivity index (χ0v) is 12.8. The van der Waals surface area contributed by atoms with Gasteiger partial charge in [0.05, 0.1) is 6.61 Å². The van der Waals surface area contributed by atoms with Gasteiger partial charge in [0.2, 0.25) is 0 Å². The number of anilines is 2. The molecule has 112 valence electrons. The van der Waals surface area contributed by atoms with Gasteiger partial charge in [0.1, 0.15) is 0 Å². The SMILES string of the molecule is CCOC(=O)CCCCCNc1cccc(N(C)C)c1. The van der Waals surface area contributed by atoms with Crippen molar-refractivity contribution in [3.63, 3.8) is 0 Å². The van der Waals surface area contributed by atoms with Crippen molar-refractivity contribution in [2.45, 2.75) is 32.6 Å². The van der Waals surface area contributed by atoms with Crippen molar-refractivity contribution in [2.75, 3.05) is 37.5 Å². The van der Waals surface area contributed by atoms with E-state index in [1.54, 1.807) is 0 Å². The summed E-state index contributed by atoms with van der Waals surface area (Å²) in [6.07, 6.45) is 3.53. The van der Waals surface area contributed by atoms with Gasteiger partial charge < -0.3 is 15.0 Å². The Morgan fingerprint density at radius 3 is 2.75 bits per heavy atom. The Morgan fingerprint density at radius 1 is 1.25 bits per heavy atom. The fourth-order valence-electron chi connectivity index (χ4n) is 1.93. The largest absolute Gasteiger partial charge is 0.466 e. The van der Waals surface area contributed by atoms with Crippen LogP contribution in [0.1, 0.15) is 32.6 Å². The Hall–Kier alpha value is -1.71. The molecular formula is C16H26N2O2. The molecule has 0 amide bonds. The molecule has 0 heterocycles. The lowest BCUT2D eigenvalue weighted by Crippen LogP contribution is -2.09. The molecule has 0 fully saturated rings. The van der Waals surface area contributed by atoms with Crippen molar-refractivity contribution in [3.8, 4) is 0 Å². The summed E-state index contributed by atoms with van der Waals surface area (Å²) in [5.41, 5.74) is 2.33. The van der Waals surface area contributed by atoms with E-state index in [9.17, 15) is 4.79 Å². The Balaban J connectivity index is 2.15. The van der Waals surface area contributed by atoms with Crippen molar-refractivity contribution in [2.24, 2.45) is 0 Å². The predicted octanol–water partition coefficient (Wildman–Crippen LogP) is 3.29. The smallest absolute Gasteiger partial charge is 0.305 e. The van der Waals surface area contributed by atoms with E-state index in [1.807, 2.05) is 21.0 Å². The quantitative estimate of drug-likeness (QED) is 0.556. The van der Waals surface area contributed by atoms with Crippen LogP contribution in [0.3, 0.4) is 0 Å². The highest BCUT2D eigenvalue weighted by Gasteiger charge is 2.01. The molecule has 0 radical (unpaired) electrons. The minimum absolute atomic E-state index is 0.0841. The van der Waals surface area contributed by atoms with Crippen LogP contribution >= 0.6 is 0 Å². The standard InChI is InChI=1S/C16H26N2O2/c1-4-20-16(19)11-6-5-7-12-17-14-9-8-10-15(13-14)18(2)3/h8-10,13,17H,4-7,11-12H2,1-3H3. The van der Waals surface area contributed by atoms with Gasteiger partial charge in [-0.2, -0.15) is 0 Å². The fraction of sp³-hybridized carbons (Fsp3) is 0.562. The van der Waals surface area contributed by atoms with E-state index in [4.69, 9.17) is 4.74 Å². The first kappa shape index (κ1) is 16.3. The zero-order valence-electron chi connectivity index (χ0n) is 12.8. The van der Waals surface area contributed by atoms with Crippen LogP contribution in [0.15, 0.2) is 24.3 Å². The van der Waals surface area contributed by atoms with Gasteiger partial charge >= 0.3 is 5.97 Å². The highest BCUT2D eigenvalue weighted by atomic mass is 16.5. The number of nitrogens with one attached hydrogen (secondary N) is 1. The molecule has 0 bridgehead atoms. The minimum atomic E-state index is -0.0841. The van der Waals surface area contributed by atoms with Crippen LogP contribution in [0.2, 0.25) is 0 Å². The van der Waals surface area contributed by atoms with Crippen molar-refractivity contribution in [1.82, 2.24) is 0 Å². The average molecular weight is 278 g/mol. The molecule has 1 aromatic rings. The summed E-state index contributed by atoms with van der Waals surface area (Å²) in [6, 6.07) is 8.35. The highest BCUT2D eigenvalue weighted by molar-refractivity contribution is 5.69. The van der Waals surface area contributed by atoms with E-state index in [-0.39, 0.29) is 5.97 Å². The van der Waals surface area contributed by atoms with Crippen molar-refractivity contribution in [1.29, 1.82) is 0 Å². The first-order valence-electron chi connectivity index (χ1n) is 7.30. The average Bonchev–Trinajstić information content (AvgIpc) is 2.43. The van der Waals surface area contributed by atoms with Gasteiger partial charge in [-0.1, -0.05) is 12.5 Å². The number of nitrogens with zero attached hydrogens (tertiary/aromatic N) is 1. The fourth-order valence-corrected chi connectivity index (χ4v) is 1.93. The van der Waals surface area contributed by atoms with Crippen molar-refractivity contribution < 1.29 is 9.53 Å². The number of unbranched alkanes of at least 4 members (excludes halogenated alkanes) is 2. The molecule has 1 N–H and O–H groups in total. The lowest BCUT2D eigenvalue weighted by Gasteiger charge is -2.14. The first-order chi connectivity index (χ1) is 9.63. The van der Waals surface area contributed by atoms with E-state index in [2.05, 4.69) is 34.5 Å². The molecule has 0 atom stereocenters. The maximum absolute atomic E-state index is 11.2. The predicted molar refractivity (Wildman–Crippen MR) is 84.4 cm³/mol. The molecule has 1 aromatic carbocycles. The van der Waals surface area contributed by atoms with Crippen LogP contribution in [0.25, 0.3) is 0 Å². The number of carbonyl (C=O) groups is 1. The summed E-state index contributed by atoms with van der Waals surface area (Å²) in [6.45, 7) is 3.24. The molecule has 0 aliphatic rings. The third-order valence-corrected chi connectivity index (χ3v) is 3.05. The van der Waals surface area contributed by atoms with Gasteiger partial charge in [0.25, 0.3) is 0 Å². The molecule has 0 unspecified atom stereocenters. The number of benzene rings is 1. The van der Waals surface area contributed by atoms with Crippen LogP contribution in [0, 0.1) is 0 Å². The Bertz CT molecular complexity index is 405. The summed E-state index contributed by atoms with van der Waals surface area (Å²) < 4.78 is 4.89. The van der Waals surface area contributed by atoms with E-state index >= 15 is 0 Å². The van der Waals surface area contributed by atoms with E-state index in [0.717, 1.165) is 31.5 Å². The number of rotatable bonds is 9. The molecule has 1 rings (SSSR count). The maximum Gasteiger partial charge on any atom is 0.305 e. The molecule has 20 heavy (non-hydrogen) atoms. The van der Waals surface area contributed by atoms with Gasteiger partial charge in [0.15, 0.2) is 0 Å². The number of hydrogen-bond acceptors (Lipinski definition) is 4. The van der Waals surface area contributed by atoms with E-state index < -0.39 is 0 Å². The normalized spacial score (nSPS) is 10.2. The molecule has 0 saturated heterocycles. The van der Waals surface area contributed by atoms with Crippen LogP contribution in [-0.2, 0) is 9.53 Å². The molecule has 0 aromatic heterocycles. The van der Waals surface area contributed by atoms with Gasteiger partial charge in [-0.3, -0.25) is 4.79 Å². The molecule has 4 nitrogen and oxygen atoms in total. The van der Waals surface area contributed by atoms with Gasteiger partial charge in [-0.05, 0) is 38.0 Å². The maximum atomic E-state index is 11.2. The Labute approximate surface area is 122 Å². The summed E-state index contributed by atoms with van der Waals surface area (Å²) in [4.78, 5) is 13.2. The molecule has 0 saturated carbocycles. The van der Waals surface area contributed by atoms with E-state index in [1.165, 1.54) is 5.69 Å². The third-order valence-electron chi connectivity index (χ3n) is 3.05. The van der Waals surface area contributed by atoms with Gasteiger partial charge in [0, 0.05) is 38.4 Å². The second-order valence-electron chi connectivity index (χ2n) is 4.99. The van der Waals surface area contributed by atoms with Gasteiger partial charge in [-0.15, -0.1) is 0 Å². The molecular weight excluding hydrogens is 252 g/mol. The van der Waals surface area contributed by atoms with Crippen molar-refractivity contribution in [3.05, 3.63) is 24.3 Å². The lowest BCUT2D eigenvalue weighted by molar-refractivity contribution is -0.143. The summed E-state index contributed by atoms with van der Waals surface area (Å²) in [5, 5.41) is 3.41. The van der Waals surface area contributed by atoms with Crippen LogP contribution in [-0.4, -0.2) is 33.2 Å². The molecule has 4 heteroatoms. The van der Waals surface area contributed by atoms with Crippen LogP contribution < -0.4 is 10.2 Å². The summed E-state index contributed by atoms with van der Waals surface area (Å²) in [7, 11) is 4.07. The Kier molecular flexibility index (Phi) is 7.55. The van der Waals surface area contributed by atoms with E-state index in [0.29, 0.717) is 13.0 Å². The zero-order chi connectivity index (χ0) is 14.8. The van der Waals surface area contributed by atoms with Crippen LogP contribution in [0.5, 0.6) is 0 Å². The first-order valence-corrected chi connectivity index (χ1v) is 7.30. The number of carbonyl (C=O) groups excluding carboxylic acids is 1. The highest BCUT2D eigenvalue weighted by Crippen LogP contribution is 2.17. The van der Waals surface area contributed by atoms with Gasteiger partial charge in [-0.25, -0.2) is 0 Å². The summed E-state index contributed by atoms with van der Waals surface area (Å²) in [5.74, 6) is -0.0841. The molecule has 0 aliphatic carbocycles.